The third-order valence-electron chi connectivity index (χ3n) is 9.02. The van der Waals surface area contributed by atoms with Crippen molar-refractivity contribution in [1.29, 1.82) is 0 Å². The molecule has 2 heterocycles. The van der Waals surface area contributed by atoms with Crippen molar-refractivity contribution in [2.24, 2.45) is 17.6 Å². The quantitative estimate of drug-likeness (QED) is 0.507. The number of ether oxygens (including phenoxy) is 5. The molecule has 3 N–H and O–H groups in total. The first-order chi connectivity index (χ1) is 19.0. The predicted molar refractivity (Wildman–Crippen MR) is 149 cm³/mol. The first-order valence-corrected chi connectivity index (χ1v) is 14.1. The molecule has 6 rings (SSSR count). The van der Waals surface area contributed by atoms with Gasteiger partial charge < -0.3 is 44.3 Å². The zero-order valence-electron chi connectivity index (χ0n) is 23.3. The third-order valence-corrected chi connectivity index (χ3v) is 10.1. The van der Waals surface area contributed by atoms with Gasteiger partial charge in [-0.25, -0.2) is 0 Å². The van der Waals surface area contributed by atoms with Gasteiger partial charge in [0.15, 0.2) is 4.87 Å². The van der Waals surface area contributed by atoms with Gasteiger partial charge in [-0.05, 0) is 50.6 Å². The number of anilines is 1. The van der Waals surface area contributed by atoms with E-state index >= 15 is 0 Å². The Morgan fingerprint density at radius 3 is 2.27 bits per heavy atom. The third kappa shape index (κ3) is 3.38. The van der Waals surface area contributed by atoms with Gasteiger partial charge in [-0.15, -0.1) is 11.6 Å². The minimum absolute atomic E-state index is 0.0896. The highest BCUT2D eigenvalue weighted by atomic mass is 35.5. The Hall–Kier alpha value is -2.05. The number of nitrogens with zero attached hydrogens (tertiary/aromatic N) is 2. The van der Waals surface area contributed by atoms with E-state index in [1.165, 1.54) is 0 Å². The van der Waals surface area contributed by atoms with Gasteiger partial charge in [-0.1, -0.05) is 11.6 Å². The van der Waals surface area contributed by atoms with E-state index in [2.05, 4.69) is 0 Å². The number of rotatable bonds is 4. The fourth-order valence-electron chi connectivity index (χ4n) is 7.67. The van der Waals surface area contributed by atoms with Gasteiger partial charge >= 0.3 is 0 Å². The van der Waals surface area contributed by atoms with E-state index in [1.54, 1.807) is 7.11 Å². The van der Waals surface area contributed by atoms with Gasteiger partial charge in [0.25, 0.3) is 5.91 Å². The second-order valence-corrected chi connectivity index (χ2v) is 12.4. The number of carbonyl (C=O) groups excluding carboxylic acids is 1. The minimum atomic E-state index is -1.90. The zero-order valence-corrected chi connectivity index (χ0v) is 24.8. The average Bonchev–Trinajstić information content (AvgIpc) is 3.57. The molecule has 3 aliphatic carbocycles. The molecule has 0 bridgehead atoms. The maximum Gasteiger partial charge on any atom is 0.251 e. The number of nitrogens with two attached hydrogens (primary N) is 1. The number of aliphatic hydroxyl groups excluding tert-OH is 1. The van der Waals surface area contributed by atoms with Crippen LogP contribution in [0.1, 0.15) is 17.5 Å². The Bertz CT molecular complexity index is 1320. The molecule has 12 heteroatoms. The SMILES string of the molecule is COc1ccc(N(C)C)c2c1C1(OCCO1)C1=C(O)[C@@]3(Cl)[C@@H](C[C@@H]1C2)[C@H](N(C)C)C(Cl)=C(C(N)=O)C31OCCO1. The normalized spacial score (nSPS) is 31.9. The molecule has 10 nitrogen and oxygen atoms in total. The molecule has 2 aliphatic heterocycles. The number of methoxy groups -OCH3 is 1. The topological polar surface area (TPSA) is 116 Å². The molecule has 1 amide bonds. The van der Waals surface area contributed by atoms with E-state index in [0.717, 1.165) is 11.3 Å². The Morgan fingerprint density at radius 2 is 1.73 bits per heavy atom. The standard InChI is InChI=1S/C28H35Cl2N3O7/c1-32(2)17-6-7-18(36-5)20-15(17)12-14-13-16-23(33(3)4)22(29)21(25(31)35)28(39-10-11-40-28)26(16,30)24(34)19(14)27(20)37-8-9-38-27/h6-7,14,16,23,34H,8-13H2,1-5H3,(H2,31,35)/t14-,16-,23-,26-/m0/s1. The number of alkyl halides is 1. The molecular weight excluding hydrogens is 561 g/mol. The van der Waals surface area contributed by atoms with E-state index in [0.29, 0.717) is 42.9 Å². The van der Waals surface area contributed by atoms with Crippen LogP contribution in [0.4, 0.5) is 5.69 Å². The van der Waals surface area contributed by atoms with Crippen molar-refractivity contribution in [1.82, 2.24) is 4.90 Å². The Morgan fingerprint density at radius 1 is 1.10 bits per heavy atom. The van der Waals surface area contributed by atoms with E-state index in [-0.39, 0.29) is 35.5 Å². The van der Waals surface area contributed by atoms with Gasteiger partial charge in [0, 0.05) is 36.3 Å². The molecular formula is C28H35Cl2N3O7. The Balaban J connectivity index is 1.69. The number of fused-ring (bicyclic) bond motifs is 6. The van der Waals surface area contributed by atoms with Gasteiger partial charge in [0.2, 0.25) is 11.6 Å². The molecule has 0 radical (unpaired) electrons. The monoisotopic (exact) mass is 595 g/mol. The van der Waals surface area contributed by atoms with Crippen LogP contribution in [0.25, 0.3) is 0 Å². The van der Waals surface area contributed by atoms with Crippen molar-refractivity contribution in [2.75, 3.05) is 66.6 Å². The summed E-state index contributed by atoms with van der Waals surface area (Å²) in [6.45, 7) is 0.880. The number of hydrogen-bond acceptors (Lipinski definition) is 9. The van der Waals surface area contributed by atoms with Crippen molar-refractivity contribution in [3.05, 3.63) is 45.2 Å². The average molecular weight is 597 g/mol. The van der Waals surface area contributed by atoms with Crippen LogP contribution in [0.3, 0.4) is 0 Å². The van der Waals surface area contributed by atoms with Crippen LogP contribution >= 0.6 is 23.2 Å². The maximum atomic E-state index is 13.0. The summed E-state index contributed by atoms with van der Waals surface area (Å²) in [5, 5.41) is 12.7. The van der Waals surface area contributed by atoms with Crippen LogP contribution < -0.4 is 15.4 Å². The van der Waals surface area contributed by atoms with Gasteiger partial charge in [-0.3, -0.25) is 4.79 Å². The molecule has 5 aliphatic rings. The number of halogens is 2. The zero-order chi connectivity index (χ0) is 28.8. The maximum absolute atomic E-state index is 13.0. The van der Waals surface area contributed by atoms with Crippen LogP contribution in [0.2, 0.25) is 0 Å². The second-order valence-electron chi connectivity index (χ2n) is 11.4. The summed E-state index contributed by atoms with van der Waals surface area (Å²) in [6, 6.07) is 3.34. The number of aliphatic hydroxyl groups is 1. The smallest absolute Gasteiger partial charge is 0.251 e. The summed E-state index contributed by atoms with van der Waals surface area (Å²) < 4.78 is 31.1. The van der Waals surface area contributed by atoms with E-state index in [9.17, 15) is 9.90 Å². The summed E-state index contributed by atoms with van der Waals surface area (Å²) >= 11 is 14.6. The van der Waals surface area contributed by atoms with Gasteiger partial charge in [-0.2, -0.15) is 0 Å². The Kier molecular flexibility index (Phi) is 6.66. The van der Waals surface area contributed by atoms with E-state index in [1.807, 2.05) is 50.1 Å². The molecule has 0 unspecified atom stereocenters. The molecule has 2 fully saturated rings. The number of hydrogen-bond donors (Lipinski definition) is 2. The van der Waals surface area contributed by atoms with Crippen LogP contribution in [0.5, 0.6) is 5.75 Å². The van der Waals surface area contributed by atoms with Crippen molar-refractivity contribution in [3.63, 3.8) is 0 Å². The number of likely N-dealkylation sites (N-methyl/N-ethyl adjacent to an activating group) is 1. The van der Waals surface area contributed by atoms with E-state index < -0.39 is 34.3 Å². The number of benzene rings is 1. The summed E-state index contributed by atoms with van der Waals surface area (Å²) in [4.78, 5) is 15.1. The molecule has 218 valence electrons. The van der Waals surface area contributed by atoms with Crippen molar-refractivity contribution in [2.45, 2.75) is 35.3 Å². The summed E-state index contributed by atoms with van der Waals surface area (Å²) in [6.07, 6.45) is 1.04. The number of amides is 1. The van der Waals surface area contributed by atoms with E-state index in [4.69, 9.17) is 52.6 Å². The van der Waals surface area contributed by atoms with Crippen LogP contribution in [0, 0.1) is 11.8 Å². The lowest BCUT2D eigenvalue weighted by Crippen LogP contribution is -2.69. The minimum Gasteiger partial charge on any atom is -0.510 e. The highest BCUT2D eigenvalue weighted by molar-refractivity contribution is 6.35. The highest BCUT2D eigenvalue weighted by Crippen LogP contribution is 2.66. The predicted octanol–water partition coefficient (Wildman–Crippen LogP) is 2.61. The van der Waals surface area contributed by atoms with Gasteiger partial charge in [0.05, 0.1) is 50.7 Å². The highest BCUT2D eigenvalue weighted by Gasteiger charge is 2.74. The molecule has 0 saturated carbocycles. The summed E-state index contributed by atoms with van der Waals surface area (Å²) in [7, 11) is 9.26. The lowest BCUT2D eigenvalue weighted by Gasteiger charge is -2.58. The van der Waals surface area contributed by atoms with Crippen LogP contribution in [0.15, 0.2) is 34.1 Å². The lowest BCUT2D eigenvalue weighted by atomic mass is 9.58. The molecule has 2 saturated heterocycles. The van der Waals surface area contributed by atoms with Crippen LogP contribution in [-0.4, -0.2) is 94.3 Å². The first kappa shape index (κ1) is 28.1. The molecule has 4 atom stereocenters. The molecule has 1 aromatic carbocycles. The summed E-state index contributed by atoms with van der Waals surface area (Å²) in [5.41, 5.74) is 9.00. The second kappa shape index (κ2) is 9.49. The summed E-state index contributed by atoms with van der Waals surface area (Å²) in [5.74, 6) is -4.59. The molecule has 0 aromatic heterocycles. The van der Waals surface area contributed by atoms with Crippen molar-refractivity contribution in [3.8, 4) is 5.75 Å². The first-order valence-electron chi connectivity index (χ1n) is 13.4. The number of carbonyl (C=O) groups is 1. The fraction of sp³-hybridized carbons (Fsp3) is 0.607. The molecule has 1 aromatic rings. The van der Waals surface area contributed by atoms with Crippen molar-refractivity contribution < 1.29 is 33.6 Å². The Labute approximate surface area is 243 Å². The van der Waals surface area contributed by atoms with Crippen molar-refractivity contribution >= 4 is 34.8 Å². The molecule has 40 heavy (non-hydrogen) atoms. The van der Waals surface area contributed by atoms with Crippen LogP contribution in [-0.2, 0) is 35.9 Å². The largest absolute Gasteiger partial charge is 0.510 e. The van der Waals surface area contributed by atoms with Gasteiger partial charge in [0.1, 0.15) is 11.5 Å². The lowest BCUT2D eigenvalue weighted by molar-refractivity contribution is -0.191. The molecule has 2 spiro atoms. The number of primary amides is 1. The fourth-order valence-corrected chi connectivity index (χ4v) is 8.75.